The molecule has 0 saturated heterocycles. The number of thiophene rings is 3. The van der Waals surface area contributed by atoms with Crippen LogP contribution in [-0.4, -0.2) is 30.2 Å². The van der Waals surface area contributed by atoms with Crippen LogP contribution in [0.1, 0.15) is 40.1 Å². The van der Waals surface area contributed by atoms with Gasteiger partial charge in [0.05, 0.1) is 16.3 Å². The van der Waals surface area contributed by atoms with Gasteiger partial charge in [-0.15, -0.1) is 34.0 Å². The largest absolute Gasteiger partial charge is 0.352 e. The molecule has 0 aliphatic carbocycles. The van der Waals surface area contributed by atoms with E-state index in [-0.39, 0.29) is 30.2 Å². The first-order chi connectivity index (χ1) is 13.3. The molecule has 0 aliphatic heterocycles. The Hall–Kier alpha value is -2.29. The number of nitrogens with one attached hydrogen (secondary N) is 2. The molecule has 0 bridgehead atoms. The van der Waals surface area contributed by atoms with Gasteiger partial charge in [-0.25, -0.2) is 0 Å². The van der Waals surface area contributed by atoms with Crippen molar-refractivity contribution in [1.29, 1.82) is 0 Å². The highest BCUT2D eigenvalue weighted by Gasteiger charge is 2.14. The Balaban J connectivity index is 1.67. The molecular formula is C20H20N2O3S3. The summed E-state index contributed by atoms with van der Waals surface area (Å²) in [5, 5.41) is 5.38. The van der Waals surface area contributed by atoms with E-state index in [2.05, 4.69) is 10.6 Å². The van der Waals surface area contributed by atoms with Gasteiger partial charge in [0, 0.05) is 25.6 Å². The lowest BCUT2D eigenvalue weighted by atomic mass is 10.3. The Labute approximate surface area is 175 Å². The molecule has 5 nitrogen and oxygen atoms in total. The van der Waals surface area contributed by atoms with Gasteiger partial charge < -0.3 is 10.6 Å². The highest BCUT2D eigenvalue weighted by atomic mass is 32.1. The van der Waals surface area contributed by atoms with Crippen molar-refractivity contribution in [3.63, 3.8) is 0 Å². The first-order valence-corrected chi connectivity index (χ1v) is 11.2. The minimum absolute atomic E-state index is 0.0374. The van der Waals surface area contributed by atoms with Crippen LogP contribution < -0.4 is 10.6 Å². The third-order valence-electron chi connectivity index (χ3n) is 3.73. The van der Waals surface area contributed by atoms with Gasteiger partial charge in [-0.3, -0.25) is 14.4 Å². The summed E-state index contributed by atoms with van der Waals surface area (Å²) in [6.45, 7) is 5.28. The van der Waals surface area contributed by atoms with Crippen molar-refractivity contribution in [3.8, 4) is 19.5 Å². The van der Waals surface area contributed by atoms with Crippen LogP contribution in [0.25, 0.3) is 19.5 Å². The second-order valence-electron chi connectivity index (χ2n) is 6.45. The van der Waals surface area contributed by atoms with Crippen LogP contribution in [0.15, 0.2) is 36.4 Å². The molecule has 146 valence electrons. The zero-order chi connectivity index (χ0) is 20.3. The van der Waals surface area contributed by atoms with Crippen molar-refractivity contribution in [2.75, 3.05) is 6.54 Å². The van der Waals surface area contributed by atoms with Crippen molar-refractivity contribution in [1.82, 2.24) is 10.6 Å². The van der Waals surface area contributed by atoms with E-state index in [9.17, 15) is 14.4 Å². The fraction of sp³-hybridized carbons (Fsp3) is 0.250. The molecule has 0 spiro atoms. The minimum atomic E-state index is -0.253. The number of hydrogen-bond acceptors (Lipinski definition) is 6. The first-order valence-electron chi connectivity index (χ1n) is 8.72. The molecule has 0 atom stereocenters. The first kappa shape index (κ1) is 20.4. The summed E-state index contributed by atoms with van der Waals surface area (Å²) in [5.74, 6) is -0.385. The molecule has 0 aromatic carbocycles. The summed E-state index contributed by atoms with van der Waals surface area (Å²) in [7, 11) is 0. The quantitative estimate of drug-likeness (QED) is 0.533. The van der Waals surface area contributed by atoms with Gasteiger partial charge in [0.25, 0.3) is 5.91 Å². The molecule has 0 radical (unpaired) electrons. The fourth-order valence-electron chi connectivity index (χ4n) is 2.48. The van der Waals surface area contributed by atoms with Gasteiger partial charge in [-0.2, -0.15) is 0 Å². The standard InChI is InChI=1S/C20H20N2O3S3/c1-11(2)22-19(24)10-21-20(25)18-9-8-17(28-18)16-7-6-15(27-16)14-5-4-13(26-14)12(3)23/h4-9,11H,10H2,1-3H3,(H,21,25)(H,22,24). The van der Waals surface area contributed by atoms with Gasteiger partial charge >= 0.3 is 0 Å². The molecule has 0 fully saturated rings. The lowest BCUT2D eigenvalue weighted by Crippen LogP contribution is -2.39. The van der Waals surface area contributed by atoms with Gasteiger partial charge in [-0.05, 0) is 57.2 Å². The number of amides is 2. The highest BCUT2D eigenvalue weighted by molar-refractivity contribution is 7.27. The van der Waals surface area contributed by atoms with Crippen molar-refractivity contribution < 1.29 is 14.4 Å². The van der Waals surface area contributed by atoms with E-state index in [1.165, 1.54) is 22.7 Å². The van der Waals surface area contributed by atoms with Gasteiger partial charge in [0.2, 0.25) is 5.91 Å². The maximum atomic E-state index is 12.3. The van der Waals surface area contributed by atoms with Crippen LogP contribution >= 0.6 is 34.0 Å². The number of carbonyl (C=O) groups is 3. The fourth-order valence-corrected chi connectivity index (χ4v) is 5.49. The SMILES string of the molecule is CC(=O)c1ccc(-c2ccc(-c3ccc(C(=O)NCC(=O)NC(C)C)s3)s2)s1. The number of ketones is 1. The van der Waals surface area contributed by atoms with Crippen molar-refractivity contribution >= 4 is 51.6 Å². The Morgan fingerprint density at radius 2 is 1.32 bits per heavy atom. The summed E-state index contributed by atoms with van der Waals surface area (Å²) >= 11 is 4.51. The van der Waals surface area contributed by atoms with Crippen LogP contribution in [0.3, 0.4) is 0 Å². The Morgan fingerprint density at radius 3 is 1.86 bits per heavy atom. The number of rotatable bonds is 7. The molecule has 28 heavy (non-hydrogen) atoms. The summed E-state index contributed by atoms with van der Waals surface area (Å²) in [5.41, 5.74) is 0. The predicted molar refractivity (Wildman–Crippen MR) is 117 cm³/mol. The third kappa shape index (κ3) is 4.95. The summed E-state index contributed by atoms with van der Waals surface area (Å²) in [6, 6.07) is 11.6. The van der Waals surface area contributed by atoms with Gasteiger partial charge in [-0.1, -0.05) is 0 Å². The number of Topliss-reactive ketones (excluding diaryl/α,β-unsaturated/α-hetero) is 1. The zero-order valence-electron chi connectivity index (χ0n) is 15.7. The van der Waals surface area contributed by atoms with E-state index in [0.29, 0.717) is 4.88 Å². The van der Waals surface area contributed by atoms with E-state index in [4.69, 9.17) is 0 Å². The molecule has 2 N–H and O–H groups in total. The Bertz CT molecular complexity index is 1010. The second kappa shape index (κ2) is 8.81. The topological polar surface area (TPSA) is 75.3 Å². The summed E-state index contributed by atoms with van der Waals surface area (Å²) in [6.07, 6.45) is 0. The lowest BCUT2D eigenvalue weighted by molar-refractivity contribution is -0.120. The molecule has 0 unspecified atom stereocenters. The van der Waals surface area contributed by atoms with Crippen LogP contribution in [-0.2, 0) is 4.79 Å². The monoisotopic (exact) mass is 432 g/mol. The molecule has 8 heteroatoms. The average molecular weight is 433 g/mol. The maximum Gasteiger partial charge on any atom is 0.261 e. The molecule has 3 rings (SSSR count). The number of carbonyl (C=O) groups excluding carboxylic acids is 3. The second-order valence-corrected chi connectivity index (χ2v) is 9.70. The van der Waals surface area contributed by atoms with Crippen LogP contribution in [0.4, 0.5) is 0 Å². The third-order valence-corrected chi connectivity index (χ3v) is 7.48. The van der Waals surface area contributed by atoms with Crippen LogP contribution in [0.2, 0.25) is 0 Å². The van der Waals surface area contributed by atoms with Crippen LogP contribution in [0, 0.1) is 0 Å². The molecule has 0 saturated carbocycles. The van der Waals surface area contributed by atoms with E-state index in [0.717, 1.165) is 24.4 Å². The summed E-state index contributed by atoms with van der Waals surface area (Å²) < 4.78 is 0. The molecule has 2 amide bonds. The van der Waals surface area contributed by atoms with Crippen molar-refractivity contribution in [2.24, 2.45) is 0 Å². The predicted octanol–water partition coefficient (Wildman–Crippen LogP) is 4.66. The van der Waals surface area contributed by atoms with Crippen LogP contribution in [0.5, 0.6) is 0 Å². The van der Waals surface area contributed by atoms with E-state index in [1.807, 2.05) is 44.2 Å². The number of hydrogen-bond donors (Lipinski definition) is 2. The molecule has 3 aromatic rings. The van der Waals surface area contributed by atoms with E-state index in [1.54, 1.807) is 24.3 Å². The molecule has 3 heterocycles. The van der Waals surface area contributed by atoms with E-state index >= 15 is 0 Å². The Kier molecular flexibility index (Phi) is 6.43. The maximum absolute atomic E-state index is 12.3. The van der Waals surface area contributed by atoms with Gasteiger partial charge in [0.1, 0.15) is 0 Å². The molecule has 3 aromatic heterocycles. The molecular weight excluding hydrogens is 412 g/mol. The zero-order valence-corrected chi connectivity index (χ0v) is 18.1. The van der Waals surface area contributed by atoms with E-state index < -0.39 is 0 Å². The van der Waals surface area contributed by atoms with Gasteiger partial charge in [0.15, 0.2) is 5.78 Å². The normalized spacial score (nSPS) is 10.9. The Morgan fingerprint density at radius 1 is 0.821 bits per heavy atom. The average Bonchev–Trinajstić information content (AvgIpc) is 3.37. The van der Waals surface area contributed by atoms with Crippen molar-refractivity contribution in [3.05, 3.63) is 46.2 Å². The summed E-state index contributed by atoms with van der Waals surface area (Å²) in [4.78, 5) is 40.9. The van der Waals surface area contributed by atoms with Crippen molar-refractivity contribution in [2.45, 2.75) is 26.8 Å². The smallest absolute Gasteiger partial charge is 0.261 e. The highest BCUT2D eigenvalue weighted by Crippen LogP contribution is 2.39. The molecule has 0 aliphatic rings. The lowest BCUT2D eigenvalue weighted by Gasteiger charge is -2.08. The minimum Gasteiger partial charge on any atom is -0.352 e.